The fourth-order valence-corrected chi connectivity index (χ4v) is 3.11. The van der Waals surface area contributed by atoms with Gasteiger partial charge in [-0.15, -0.1) is 0 Å². The van der Waals surface area contributed by atoms with Crippen LogP contribution in [0, 0.1) is 0 Å². The van der Waals surface area contributed by atoms with Gasteiger partial charge >= 0.3 is 0 Å². The number of benzene rings is 2. The summed E-state index contributed by atoms with van der Waals surface area (Å²) in [5, 5.41) is 7.19. The third-order valence-corrected chi connectivity index (χ3v) is 4.29. The van der Waals surface area contributed by atoms with E-state index in [1.54, 1.807) is 27.3 Å². The molecule has 4 aromatic rings. The molecule has 0 radical (unpaired) electrons. The van der Waals surface area contributed by atoms with Crippen molar-refractivity contribution in [1.82, 2.24) is 14.2 Å². The summed E-state index contributed by atoms with van der Waals surface area (Å²) < 4.78 is 3.30. The van der Waals surface area contributed by atoms with Crippen LogP contribution in [0.25, 0.3) is 16.6 Å². The molecule has 0 bridgehead atoms. The normalized spacial score (nSPS) is 11.1. The Labute approximate surface area is 149 Å². The summed E-state index contributed by atoms with van der Waals surface area (Å²) in [5.41, 5.74) is 2.76. The number of para-hydroxylation sites is 3. The van der Waals surface area contributed by atoms with E-state index in [2.05, 4.69) is 10.4 Å². The standard InChI is InChI=1S/C20H18N4O2/c1-2-12-23-16-10-6-7-11-17(16)24-18(20(23)26)13-15(22-24)19(25)21-14-8-4-3-5-9-14/h3-11,13H,2,12H2,1H3,(H,21,25). The minimum Gasteiger partial charge on any atom is -0.321 e. The SMILES string of the molecule is CCCn1c(=O)c2cc(C(=O)Nc3ccccc3)nn2c2ccccc21. The van der Waals surface area contributed by atoms with Gasteiger partial charge in [0.15, 0.2) is 5.69 Å². The molecule has 6 heteroatoms. The average molecular weight is 346 g/mol. The van der Waals surface area contributed by atoms with Crippen molar-refractivity contribution in [3.05, 3.63) is 76.7 Å². The number of carbonyl (C=O) groups excluding carboxylic acids is 1. The highest BCUT2D eigenvalue weighted by atomic mass is 16.2. The maximum Gasteiger partial charge on any atom is 0.277 e. The number of aromatic nitrogens is 3. The molecule has 0 atom stereocenters. The lowest BCUT2D eigenvalue weighted by atomic mass is 10.2. The second kappa shape index (κ2) is 6.48. The minimum absolute atomic E-state index is 0.142. The largest absolute Gasteiger partial charge is 0.321 e. The first-order valence-electron chi connectivity index (χ1n) is 8.57. The minimum atomic E-state index is -0.342. The number of carbonyl (C=O) groups is 1. The van der Waals surface area contributed by atoms with Crippen molar-refractivity contribution in [3.63, 3.8) is 0 Å². The smallest absolute Gasteiger partial charge is 0.277 e. The molecular formula is C20H18N4O2. The van der Waals surface area contributed by atoms with Crippen molar-refractivity contribution in [2.75, 3.05) is 5.32 Å². The molecule has 0 fully saturated rings. The molecule has 130 valence electrons. The quantitative estimate of drug-likeness (QED) is 0.616. The van der Waals surface area contributed by atoms with Crippen LogP contribution in [0.1, 0.15) is 23.8 Å². The number of rotatable bonds is 4. The van der Waals surface area contributed by atoms with Crippen molar-refractivity contribution in [2.45, 2.75) is 19.9 Å². The third-order valence-electron chi connectivity index (χ3n) is 4.29. The Hall–Kier alpha value is -3.41. The fraction of sp³-hybridized carbons (Fsp3) is 0.150. The predicted molar refractivity (Wildman–Crippen MR) is 102 cm³/mol. The van der Waals surface area contributed by atoms with Gasteiger partial charge in [0.25, 0.3) is 11.5 Å². The topological polar surface area (TPSA) is 68.4 Å². The number of aryl methyl sites for hydroxylation is 1. The zero-order chi connectivity index (χ0) is 18.1. The van der Waals surface area contributed by atoms with Crippen LogP contribution in [-0.4, -0.2) is 20.1 Å². The van der Waals surface area contributed by atoms with Crippen LogP contribution < -0.4 is 10.9 Å². The number of nitrogens with zero attached hydrogens (tertiary/aromatic N) is 3. The van der Waals surface area contributed by atoms with Crippen LogP contribution in [0.2, 0.25) is 0 Å². The molecule has 1 amide bonds. The lowest BCUT2D eigenvalue weighted by Crippen LogP contribution is -2.22. The summed E-state index contributed by atoms with van der Waals surface area (Å²) in [6, 6.07) is 18.3. The zero-order valence-electron chi connectivity index (χ0n) is 14.3. The molecule has 6 nitrogen and oxygen atoms in total. The maximum absolute atomic E-state index is 12.9. The van der Waals surface area contributed by atoms with Crippen LogP contribution in [0.15, 0.2) is 65.5 Å². The molecule has 0 aliphatic carbocycles. The summed E-state index contributed by atoms with van der Waals surface area (Å²) in [6.07, 6.45) is 0.843. The third kappa shape index (κ3) is 2.65. The molecule has 4 rings (SSSR count). The molecule has 0 spiro atoms. The number of fused-ring (bicyclic) bond motifs is 3. The van der Waals surface area contributed by atoms with Gasteiger partial charge < -0.3 is 9.88 Å². The van der Waals surface area contributed by atoms with Crippen LogP contribution in [0.4, 0.5) is 5.69 Å². The van der Waals surface area contributed by atoms with E-state index in [1.165, 1.54) is 0 Å². The van der Waals surface area contributed by atoms with Crippen molar-refractivity contribution < 1.29 is 4.79 Å². The summed E-state index contributed by atoms with van der Waals surface area (Å²) in [7, 11) is 0. The number of anilines is 1. The van der Waals surface area contributed by atoms with E-state index < -0.39 is 0 Å². The summed E-state index contributed by atoms with van der Waals surface area (Å²) in [5.74, 6) is -0.342. The second-order valence-corrected chi connectivity index (χ2v) is 6.09. The molecule has 26 heavy (non-hydrogen) atoms. The maximum atomic E-state index is 12.9. The van der Waals surface area contributed by atoms with Crippen LogP contribution in [-0.2, 0) is 6.54 Å². The number of hydrogen-bond donors (Lipinski definition) is 1. The highest BCUT2D eigenvalue weighted by molar-refractivity contribution is 6.03. The lowest BCUT2D eigenvalue weighted by Gasteiger charge is -2.10. The van der Waals surface area contributed by atoms with E-state index in [4.69, 9.17) is 0 Å². The van der Waals surface area contributed by atoms with Gasteiger partial charge in [-0.2, -0.15) is 5.10 Å². The van der Waals surface area contributed by atoms with E-state index >= 15 is 0 Å². The van der Waals surface area contributed by atoms with Crippen LogP contribution in [0.3, 0.4) is 0 Å². The molecule has 0 aliphatic rings. The monoisotopic (exact) mass is 346 g/mol. The van der Waals surface area contributed by atoms with Gasteiger partial charge in [-0.05, 0) is 30.7 Å². The highest BCUT2D eigenvalue weighted by Crippen LogP contribution is 2.16. The van der Waals surface area contributed by atoms with Gasteiger partial charge in [-0.3, -0.25) is 9.59 Å². The van der Waals surface area contributed by atoms with E-state index in [0.717, 1.165) is 17.5 Å². The second-order valence-electron chi connectivity index (χ2n) is 6.09. The first-order valence-corrected chi connectivity index (χ1v) is 8.57. The van der Waals surface area contributed by atoms with E-state index in [9.17, 15) is 9.59 Å². The molecule has 0 saturated heterocycles. The summed E-state index contributed by atoms with van der Waals surface area (Å²) in [4.78, 5) is 25.4. The van der Waals surface area contributed by atoms with E-state index in [0.29, 0.717) is 17.7 Å². The summed E-state index contributed by atoms with van der Waals surface area (Å²) in [6.45, 7) is 2.65. The van der Waals surface area contributed by atoms with Gasteiger partial charge in [-0.1, -0.05) is 37.3 Å². The summed E-state index contributed by atoms with van der Waals surface area (Å²) >= 11 is 0. The Morgan fingerprint density at radius 1 is 1.00 bits per heavy atom. The zero-order valence-corrected chi connectivity index (χ0v) is 14.3. The Kier molecular flexibility index (Phi) is 4.01. The molecule has 2 aromatic heterocycles. The molecule has 0 aliphatic heterocycles. The van der Waals surface area contributed by atoms with Crippen molar-refractivity contribution in [3.8, 4) is 0 Å². The van der Waals surface area contributed by atoms with Crippen LogP contribution >= 0.6 is 0 Å². The van der Waals surface area contributed by atoms with Gasteiger partial charge in [0.2, 0.25) is 0 Å². The van der Waals surface area contributed by atoms with Gasteiger partial charge in [-0.25, -0.2) is 4.52 Å². The fourth-order valence-electron chi connectivity index (χ4n) is 3.11. The first kappa shape index (κ1) is 16.1. The lowest BCUT2D eigenvalue weighted by molar-refractivity contribution is 0.102. The molecule has 0 unspecified atom stereocenters. The van der Waals surface area contributed by atoms with Gasteiger partial charge in [0, 0.05) is 18.3 Å². The Balaban J connectivity index is 1.87. The van der Waals surface area contributed by atoms with Gasteiger partial charge in [0.1, 0.15) is 5.52 Å². The molecule has 2 heterocycles. The van der Waals surface area contributed by atoms with Crippen LogP contribution in [0.5, 0.6) is 0 Å². The molecule has 1 N–H and O–H groups in total. The number of amides is 1. The molecular weight excluding hydrogens is 328 g/mol. The van der Waals surface area contributed by atoms with Crippen molar-refractivity contribution >= 4 is 28.1 Å². The van der Waals surface area contributed by atoms with Gasteiger partial charge in [0.05, 0.1) is 11.0 Å². The highest BCUT2D eigenvalue weighted by Gasteiger charge is 2.17. The van der Waals surface area contributed by atoms with E-state index in [-0.39, 0.29) is 17.2 Å². The number of nitrogens with one attached hydrogen (secondary N) is 1. The Morgan fingerprint density at radius 3 is 2.42 bits per heavy atom. The van der Waals surface area contributed by atoms with Crippen molar-refractivity contribution in [1.29, 1.82) is 0 Å². The molecule has 0 saturated carbocycles. The number of hydrogen-bond acceptors (Lipinski definition) is 3. The first-order chi connectivity index (χ1) is 12.7. The van der Waals surface area contributed by atoms with E-state index in [1.807, 2.05) is 49.4 Å². The Morgan fingerprint density at radius 2 is 1.69 bits per heavy atom. The molecule has 2 aromatic carbocycles. The Bertz CT molecular complexity index is 1160. The van der Waals surface area contributed by atoms with Crippen molar-refractivity contribution in [2.24, 2.45) is 0 Å². The average Bonchev–Trinajstić information content (AvgIpc) is 3.12. The predicted octanol–water partition coefficient (Wildman–Crippen LogP) is 3.31.